The molecule has 0 bridgehead atoms. The first-order chi connectivity index (χ1) is 12.9. The maximum absolute atomic E-state index is 11.3. The molecule has 4 heteroatoms. The van der Waals surface area contributed by atoms with E-state index in [1.165, 1.54) is 47.1 Å². The van der Waals surface area contributed by atoms with Crippen LogP contribution < -0.4 is 5.14 Å². The molecule has 0 atom stereocenters. The number of aryl methyl sites for hydroxylation is 1. The lowest BCUT2D eigenvalue weighted by atomic mass is 9.66. The Labute approximate surface area is 162 Å². The van der Waals surface area contributed by atoms with Gasteiger partial charge in [-0.05, 0) is 70.9 Å². The van der Waals surface area contributed by atoms with Crippen molar-refractivity contribution in [2.45, 2.75) is 51.2 Å². The van der Waals surface area contributed by atoms with Crippen LogP contribution in [0.25, 0.3) is 11.1 Å². The van der Waals surface area contributed by atoms with Crippen molar-refractivity contribution < 1.29 is 8.42 Å². The molecule has 0 saturated heterocycles. The molecule has 0 unspecified atom stereocenters. The highest BCUT2D eigenvalue weighted by molar-refractivity contribution is 7.88. The second-order valence-corrected chi connectivity index (χ2v) is 9.83. The highest BCUT2D eigenvalue weighted by atomic mass is 32.2. The van der Waals surface area contributed by atoms with E-state index in [9.17, 15) is 8.42 Å². The lowest BCUT2D eigenvalue weighted by Crippen LogP contribution is -2.26. The van der Waals surface area contributed by atoms with Crippen molar-refractivity contribution in [3.05, 3.63) is 70.8 Å². The highest BCUT2D eigenvalue weighted by Gasteiger charge is 2.43. The van der Waals surface area contributed by atoms with Gasteiger partial charge in [-0.25, -0.2) is 13.6 Å². The van der Waals surface area contributed by atoms with Gasteiger partial charge in [0.2, 0.25) is 10.0 Å². The summed E-state index contributed by atoms with van der Waals surface area (Å²) >= 11 is 0. The quantitative estimate of drug-likeness (QED) is 0.800. The molecule has 27 heavy (non-hydrogen) atoms. The van der Waals surface area contributed by atoms with Crippen LogP contribution in [0.4, 0.5) is 0 Å². The van der Waals surface area contributed by atoms with Gasteiger partial charge in [-0.1, -0.05) is 61.9 Å². The largest absolute Gasteiger partial charge is 0.228 e. The van der Waals surface area contributed by atoms with E-state index >= 15 is 0 Å². The molecule has 0 heterocycles. The van der Waals surface area contributed by atoms with Gasteiger partial charge in [0.1, 0.15) is 0 Å². The number of nitrogens with two attached hydrogens (primary N) is 1. The Morgan fingerprint density at radius 3 is 1.70 bits per heavy atom. The van der Waals surface area contributed by atoms with Crippen LogP contribution in [0.2, 0.25) is 0 Å². The Morgan fingerprint density at radius 1 is 0.852 bits per heavy atom. The molecule has 4 rings (SSSR count). The SMILES string of the molecule is CCc1ccc(C2=C(c3ccc(CS(N)(=O)=O)cc3)CC3(CCC3)C2)cc1. The molecule has 2 aliphatic carbocycles. The fourth-order valence-corrected chi connectivity index (χ4v) is 5.24. The van der Waals surface area contributed by atoms with E-state index < -0.39 is 10.0 Å². The molecule has 2 aromatic carbocycles. The summed E-state index contributed by atoms with van der Waals surface area (Å²) in [4.78, 5) is 0. The number of primary sulfonamides is 1. The standard InChI is InChI=1S/C23H27NO2S/c1-2-17-4-8-19(9-5-17)21-14-23(12-3-13-23)15-22(21)20-10-6-18(7-11-20)16-27(24,25)26/h4-11H,2-3,12-16H2,1H3,(H2,24,25,26). The first-order valence-corrected chi connectivity index (χ1v) is 11.5. The molecule has 0 amide bonds. The summed E-state index contributed by atoms with van der Waals surface area (Å²) in [5.74, 6) is -0.110. The summed E-state index contributed by atoms with van der Waals surface area (Å²) in [6.45, 7) is 2.18. The number of hydrogen-bond acceptors (Lipinski definition) is 2. The second-order valence-electron chi connectivity index (χ2n) is 8.22. The predicted molar refractivity (Wildman–Crippen MR) is 111 cm³/mol. The molecule has 142 valence electrons. The molecule has 0 aliphatic heterocycles. The zero-order valence-electron chi connectivity index (χ0n) is 15.9. The lowest BCUT2D eigenvalue weighted by molar-refractivity contribution is 0.157. The number of sulfonamides is 1. The Morgan fingerprint density at radius 2 is 1.33 bits per heavy atom. The summed E-state index contributed by atoms with van der Waals surface area (Å²) in [6.07, 6.45) is 7.32. The van der Waals surface area contributed by atoms with E-state index in [0.29, 0.717) is 5.41 Å². The summed E-state index contributed by atoms with van der Waals surface area (Å²) in [7, 11) is -3.49. The van der Waals surface area contributed by atoms with Gasteiger partial charge >= 0.3 is 0 Å². The third-order valence-electron chi connectivity index (χ3n) is 6.26. The van der Waals surface area contributed by atoms with Crippen LogP contribution in [0.3, 0.4) is 0 Å². The zero-order chi connectivity index (χ0) is 19.1. The van der Waals surface area contributed by atoms with Gasteiger partial charge in [0.15, 0.2) is 0 Å². The first kappa shape index (κ1) is 18.5. The summed E-state index contributed by atoms with van der Waals surface area (Å²) in [5.41, 5.74) is 8.01. The molecule has 1 saturated carbocycles. The zero-order valence-corrected chi connectivity index (χ0v) is 16.7. The van der Waals surface area contributed by atoms with Gasteiger partial charge in [-0.3, -0.25) is 0 Å². The van der Waals surface area contributed by atoms with Gasteiger partial charge in [-0.2, -0.15) is 0 Å². The molecular weight excluding hydrogens is 354 g/mol. The molecule has 0 radical (unpaired) electrons. The molecule has 2 N–H and O–H groups in total. The van der Waals surface area contributed by atoms with E-state index in [2.05, 4.69) is 43.3 Å². The average molecular weight is 382 g/mol. The number of hydrogen-bond donors (Lipinski definition) is 1. The minimum absolute atomic E-state index is 0.110. The summed E-state index contributed by atoms with van der Waals surface area (Å²) in [6, 6.07) is 16.9. The summed E-state index contributed by atoms with van der Waals surface area (Å²) < 4.78 is 22.7. The Bertz CT molecular complexity index is 966. The highest BCUT2D eigenvalue weighted by Crippen LogP contribution is 2.59. The maximum Gasteiger partial charge on any atom is 0.213 e. The number of benzene rings is 2. The third-order valence-corrected chi connectivity index (χ3v) is 7.00. The van der Waals surface area contributed by atoms with Gasteiger partial charge < -0.3 is 0 Å². The molecule has 2 aliphatic rings. The van der Waals surface area contributed by atoms with E-state index in [1.807, 2.05) is 12.1 Å². The normalized spacial score (nSPS) is 18.7. The average Bonchev–Trinajstić information content (AvgIpc) is 3.03. The predicted octanol–water partition coefficient (Wildman–Crippen LogP) is 4.91. The van der Waals surface area contributed by atoms with Crippen LogP contribution in [0.1, 0.15) is 61.3 Å². The Kier molecular flexibility index (Phi) is 4.73. The van der Waals surface area contributed by atoms with Crippen molar-refractivity contribution in [3.8, 4) is 0 Å². The number of allylic oxidation sites excluding steroid dienone is 2. The fourth-order valence-electron chi connectivity index (χ4n) is 4.58. The first-order valence-electron chi connectivity index (χ1n) is 9.79. The maximum atomic E-state index is 11.3. The smallest absolute Gasteiger partial charge is 0.213 e. The van der Waals surface area contributed by atoms with Crippen molar-refractivity contribution >= 4 is 21.2 Å². The monoisotopic (exact) mass is 381 g/mol. The van der Waals surface area contributed by atoms with Gasteiger partial charge in [0.05, 0.1) is 5.75 Å². The minimum atomic E-state index is -3.49. The van der Waals surface area contributed by atoms with Crippen molar-refractivity contribution in [3.63, 3.8) is 0 Å². The fraction of sp³-hybridized carbons (Fsp3) is 0.391. The van der Waals surface area contributed by atoms with Crippen LogP contribution in [0, 0.1) is 5.41 Å². The van der Waals surface area contributed by atoms with E-state index in [-0.39, 0.29) is 5.75 Å². The Balaban J connectivity index is 1.69. The van der Waals surface area contributed by atoms with Crippen molar-refractivity contribution in [1.29, 1.82) is 0 Å². The van der Waals surface area contributed by atoms with Crippen LogP contribution in [0.15, 0.2) is 48.5 Å². The molecule has 2 aromatic rings. The van der Waals surface area contributed by atoms with Crippen LogP contribution in [-0.2, 0) is 22.2 Å². The van der Waals surface area contributed by atoms with Crippen molar-refractivity contribution in [2.75, 3.05) is 0 Å². The molecule has 1 spiro atoms. The second kappa shape index (κ2) is 6.92. The molecule has 3 nitrogen and oxygen atoms in total. The topological polar surface area (TPSA) is 60.2 Å². The van der Waals surface area contributed by atoms with Crippen molar-refractivity contribution in [2.24, 2.45) is 10.6 Å². The van der Waals surface area contributed by atoms with E-state index in [1.54, 1.807) is 0 Å². The lowest BCUT2D eigenvalue weighted by Gasteiger charge is -2.39. The van der Waals surface area contributed by atoms with Crippen LogP contribution in [0.5, 0.6) is 0 Å². The van der Waals surface area contributed by atoms with Crippen LogP contribution >= 0.6 is 0 Å². The Hall–Kier alpha value is -1.91. The van der Waals surface area contributed by atoms with Gasteiger partial charge in [0, 0.05) is 0 Å². The summed E-state index contributed by atoms with van der Waals surface area (Å²) in [5, 5.41) is 5.17. The van der Waals surface area contributed by atoms with E-state index in [4.69, 9.17) is 5.14 Å². The van der Waals surface area contributed by atoms with E-state index in [0.717, 1.165) is 24.8 Å². The molecule has 1 fully saturated rings. The van der Waals surface area contributed by atoms with Crippen molar-refractivity contribution in [1.82, 2.24) is 0 Å². The van der Waals surface area contributed by atoms with Gasteiger partial charge in [0.25, 0.3) is 0 Å². The minimum Gasteiger partial charge on any atom is -0.228 e. The molecular formula is C23H27NO2S. The third kappa shape index (κ3) is 3.87. The van der Waals surface area contributed by atoms with Gasteiger partial charge in [-0.15, -0.1) is 0 Å². The number of rotatable bonds is 5. The van der Waals surface area contributed by atoms with Crippen LogP contribution in [-0.4, -0.2) is 8.42 Å². The molecule has 0 aromatic heterocycles.